The Hall–Kier alpha value is -1.32. The SMILES string of the molecule is O=C(CCCCc1cccs1)NCc1ccc(Cl)cc1. The van der Waals surface area contributed by atoms with E-state index in [4.69, 9.17) is 11.6 Å². The van der Waals surface area contributed by atoms with E-state index in [1.165, 1.54) is 4.88 Å². The van der Waals surface area contributed by atoms with Gasteiger partial charge in [-0.2, -0.15) is 0 Å². The lowest BCUT2D eigenvalue weighted by Crippen LogP contribution is -2.22. The summed E-state index contributed by atoms with van der Waals surface area (Å²) in [6.45, 7) is 0.570. The number of carbonyl (C=O) groups is 1. The Labute approximate surface area is 128 Å². The quantitative estimate of drug-likeness (QED) is 0.753. The number of thiophene rings is 1. The molecule has 0 bridgehead atoms. The van der Waals surface area contributed by atoms with E-state index >= 15 is 0 Å². The van der Waals surface area contributed by atoms with Crippen LogP contribution in [-0.4, -0.2) is 5.91 Å². The van der Waals surface area contributed by atoms with E-state index in [1.54, 1.807) is 11.3 Å². The minimum atomic E-state index is 0.117. The summed E-state index contributed by atoms with van der Waals surface area (Å²) in [5.74, 6) is 0.117. The summed E-state index contributed by atoms with van der Waals surface area (Å²) in [6, 6.07) is 11.7. The van der Waals surface area contributed by atoms with Crippen molar-refractivity contribution in [3.8, 4) is 0 Å². The van der Waals surface area contributed by atoms with Gasteiger partial charge in [0.2, 0.25) is 5.91 Å². The van der Waals surface area contributed by atoms with Gasteiger partial charge >= 0.3 is 0 Å². The highest BCUT2D eigenvalue weighted by Crippen LogP contribution is 2.13. The highest BCUT2D eigenvalue weighted by atomic mass is 35.5. The molecule has 1 aromatic heterocycles. The van der Waals surface area contributed by atoms with Crippen molar-refractivity contribution in [2.75, 3.05) is 0 Å². The van der Waals surface area contributed by atoms with E-state index < -0.39 is 0 Å². The number of amides is 1. The zero-order valence-electron chi connectivity index (χ0n) is 11.3. The highest BCUT2D eigenvalue weighted by Gasteiger charge is 2.02. The van der Waals surface area contributed by atoms with Crippen molar-refractivity contribution in [2.24, 2.45) is 0 Å². The molecule has 0 spiro atoms. The van der Waals surface area contributed by atoms with Crippen molar-refractivity contribution in [1.29, 1.82) is 0 Å². The monoisotopic (exact) mass is 307 g/mol. The molecule has 0 saturated carbocycles. The Bertz CT molecular complexity index is 522. The number of halogens is 1. The van der Waals surface area contributed by atoms with E-state index in [0.29, 0.717) is 18.0 Å². The maximum atomic E-state index is 11.7. The molecule has 0 atom stereocenters. The standard InChI is InChI=1S/C16H18ClNOS/c17-14-9-7-13(8-10-14)12-18-16(19)6-2-1-4-15-5-3-11-20-15/h3,5,7-11H,1-2,4,6,12H2,(H,18,19). The van der Waals surface area contributed by atoms with Crippen molar-refractivity contribution >= 4 is 28.8 Å². The Morgan fingerprint density at radius 1 is 1.15 bits per heavy atom. The minimum absolute atomic E-state index is 0.117. The molecule has 1 aromatic carbocycles. The number of hydrogen-bond acceptors (Lipinski definition) is 2. The van der Waals surface area contributed by atoms with Crippen LogP contribution in [0.5, 0.6) is 0 Å². The average Bonchev–Trinajstić information content (AvgIpc) is 2.96. The lowest BCUT2D eigenvalue weighted by atomic mass is 10.1. The van der Waals surface area contributed by atoms with Crippen molar-refractivity contribution in [3.63, 3.8) is 0 Å². The first-order valence-electron chi connectivity index (χ1n) is 6.77. The Kier molecular flexibility index (Phi) is 6.09. The molecule has 1 heterocycles. The van der Waals surface area contributed by atoms with Gasteiger partial charge < -0.3 is 5.32 Å². The maximum absolute atomic E-state index is 11.7. The highest BCUT2D eigenvalue weighted by molar-refractivity contribution is 7.09. The summed E-state index contributed by atoms with van der Waals surface area (Å²) >= 11 is 7.59. The topological polar surface area (TPSA) is 29.1 Å². The summed E-state index contributed by atoms with van der Waals surface area (Å²) in [4.78, 5) is 13.1. The average molecular weight is 308 g/mol. The molecule has 2 rings (SSSR count). The van der Waals surface area contributed by atoms with Crippen LogP contribution in [0.4, 0.5) is 0 Å². The Morgan fingerprint density at radius 3 is 2.65 bits per heavy atom. The van der Waals surface area contributed by atoms with Crippen LogP contribution in [0, 0.1) is 0 Å². The summed E-state index contributed by atoms with van der Waals surface area (Å²) < 4.78 is 0. The minimum Gasteiger partial charge on any atom is -0.352 e. The van der Waals surface area contributed by atoms with Crippen molar-refractivity contribution < 1.29 is 4.79 Å². The van der Waals surface area contributed by atoms with Crippen LogP contribution in [0.3, 0.4) is 0 Å². The van der Waals surface area contributed by atoms with Gasteiger partial charge in [0.15, 0.2) is 0 Å². The third-order valence-corrected chi connectivity index (χ3v) is 4.25. The Morgan fingerprint density at radius 2 is 1.95 bits per heavy atom. The van der Waals surface area contributed by atoms with Gasteiger partial charge in [-0.1, -0.05) is 29.8 Å². The lowest BCUT2D eigenvalue weighted by Gasteiger charge is -2.05. The maximum Gasteiger partial charge on any atom is 0.220 e. The molecule has 1 amide bonds. The molecular weight excluding hydrogens is 290 g/mol. The normalized spacial score (nSPS) is 10.4. The predicted octanol–water partition coefficient (Wildman–Crippen LogP) is 4.43. The molecule has 0 unspecified atom stereocenters. The lowest BCUT2D eigenvalue weighted by molar-refractivity contribution is -0.121. The molecular formula is C16H18ClNOS. The number of unbranched alkanes of at least 4 members (excludes halogenated alkanes) is 1. The number of rotatable bonds is 7. The van der Waals surface area contributed by atoms with Gasteiger partial charge in [-0.15, -0.1) is 11.3 Å². The fraction of sp³-hybridized carbons (Fsp3) is 0.312. The molecule has 0 aliphatic rings. The van der Waals surface area contributed by atoms with Crippen LogP contribution >= 0.6 is 22.9 Å². The van der Waals surface area contributed by atoms with E-state index in [2.05, 4.69) is 22.8 Å². The van der Waals surface area contributed by atoms with E-state index in [0.717, 1.165) is 24.8 Å². The molecule has 0 saturated heterocycles. The zero-order chi connectivity index (χ0) is 14.2. The van der Waals surface area contributed by atoms with Gasteiger partial charge in [0, 0.05) is 22.9 Å². The van der Waals surface area contributed by atoms with Crippen molar-refractivity contribution in [2.45, 2.75) is 32.2 Å². The molecule has 1 N–H and O–H groups in total. The van der Waals surface area contributed by atoms with Crippen molar-refractivity contribution in [1.82, 2.24) is 5.32 Å². The summed E-state index contributed by atoms with van der Waals surface area (Å²) in [5.41, 5.74) is 1.07. The second-order valence-electron chi connectivity index (χ2n) is 4.69. The molecule has 4 heteroatoms. The van der Waals surface area contributed by atoms with Crippen LogP contribution < -0.4 is 5.32 Å². The first kappa shape index (κ1) is 15.1. The third-order valence-electron chi connectivity index (χ3n) is 3.06. The van der Waals surface area contributed by atoms with E-state index in [-0.39, 0.29) is 5.91 Å². The number of benzene rings is 1. The van der Waals surface area contributed by atoms with E-state index in [1.807, 2.05) is 24.3 Å². The number of nitrogens with one attached hydrogen (secondary N) is 1. The number of aryl methyl sites for hydroxylation is 1. The number of carbonyl (C=O) groups excluding carboxylic acids is 1. The Balaban J connectivity index is 1.59. The first-order chi connectivity index (χ1) is 9.74. The smallest absolute Gasteiger partial charge is 0.220 e. The second-order valence-corrected chi connectivity index (χ2v) is 6.16. The molecule has 20 heavy (non-hydrogen) atoms. The largest absolute Gasteiger partial charge is 0.352 e. The summed E-state index contributed by atoms with van der Waals surface area (Å²) in [7, 11) is 0. The van der Waals surface area contributed by atoms with Gasteiger partial charge in [0.25, 0.3) is 0 Å². The zero-order valence-corrected chi connectivity index (χ0v) is 12.8. The van der Waals surface area contributed by atoms with Crippen LogP contribution in [0.2, 0.25) is 5.02 Å². The molecule has 0 radical (unpaired) electrons. The predicted molar refractivity (Wildman–Crippen MR) is 85.2 cm³/mol. The van der Waals surface area contributed by atoms with Crippen molar-refractivity contribution in [3.05, 3.63) is 57.2 Å². The van der Waals surface area contributed by atoms with Gasteiger partial charge in [-0.25, -0.2) is 0 Å². The van der Waals surface area contributed by atoms with E-state index in [9.17, 15) is 4.79 Å². The van der Waals surface area contributed by atoms with Crippen LogP contribution in [-0.2, 0) is 17.8 Å². The second kappa shape index (κ2) is 8.08. The molecule has 0 fully saturated rings. The molecule has 0 aliphatic heterocycles. The fourth-order valence-electron chi connectivity index (χ4n) is 1.93. The van der Waals surface area contributed by atoms with Gasteiger partial charge in [0.05, 0.1) is 0 Å². The van der Waals surface area contributed by atoms with Gasteiger partial charge in [-0.05, 0) is 48.4 Å². The third kappa shape index (κ3) is 5.35. The van der Waals surface area contributed by atoms with Crippen LogP contribution in [0.25, 0.3) is 0 Å². The molecule has 2 nitrogen and oxygen atoms in total. The summed E-state index contributed by atoms with van der Waals surface area (Å²) in [5, 5.41) is 5.74. The summed E-state index contributed by atoms with van der Waals surface area (Å²) in [6.07, 6.45) is 3.67. The van der Waals surface area contributed by atoms with Gasteiger partial charge in [-0.3, -0.25) is 4.79 Å². The number of hydrogen-bond donors (Lipinski definition) is 1. The molecule has 0 aliphatic carbocycles. The molecule has 2 aromatic rings. The van der Waals surface area contributed by atoms with Gasteiger partial charge in [0.1, 0.15) is 0 Å². The fourth-order valence-corrected chi connectivity index (χ4v) is 2.81. The van der Waals surface area contributed by atoms with Crippen LogP contribution in [0.15, 0.2) is 41.8 Å². The molecule has 106 valence electrons. The first-order valence-corrected chi connectivity index (χ1v) is 8.03. The van der Waals surface area contributed by atoms with Crippen LogP contribution in [0.1, 0.15) is 29.7 Å².